The maximum Gasteiger partial charge on any atom is 0.273 e. The third-order valence-electron chi connectivity index (χ3n) is 5.67. The summed E-state index contributed by atoms with van der Waals surface area (Å²) in [5.74, 6) is 0.147. The van der Waals surface area contributed by atoms with Crippen molar-refractivity contribution in [2.45, 2.75) is 4.21 Å². The summed E-state index contributed by atoms with van der Waals surface area (Å²) < 4.78 is 35.0. The monoisotopic (exact) mass is 557 g/mol. The fourth-order valence-corrected chi connectivity index (χ4v) is 5.84. The molecule has 0 unspecified atom stereocenters. The van der Waals surface area contributed by atoms with E-state index >= 15 is 0 Å². The van der Waals surface area contributed by atoms with Crippen molar-refractivity contribution in [2.24, 2.45) is 5.10 Å². The molecule has 0 radical (unpaired) electrons. The predicted molar refractivity (Wildman–Crippen MR) is 152 cm³/mol. The van der Waals surface area contributed by atoms with Crippen molar-refractivity contribution in [3.05, 3.63) is 114 Å². The van der Waals surface area contributed by atoms with E-state index < -0.39 is 15.9 Å². The molecule has 0 atom stereocenters. The van der Waals surface area contributed by atoms with Crippen LogP contribution in [0.25, 0.3) is 16.9 Å². The number of hydrazone groups is 1. The highest BCUT2D eigenvalue weighted by molar-refractivity contribution is 7.94. The molecule has 3 aromatic carbocycles. The van der Waals surface area contributed by atoms with Crippen LogP contribution in [0.2, 0.25) is 0 Å². The lowest BCUT2D eigenvalue weighted by atomic mass is 10.1. The lowest BCUT2D eigenvalue weighted by Gasteiger charge is -2.10. The maximum atomic E-state index is 13.0. The number of nitrogens with one attached hydrogen (secondary N) is 2. The molecular weight excluding hydrogens is 534 g/mol. The molecule has 5 rings (SSSR count). The van der Waals surface area contributed by atoms with Gasteiger partial charge in [-0.25, -0.2) is 18.5 Å². The van der Waals surface area contributed by atoms with Gasteiger partial charge in [-0.1, -0.05) is 36.4 Å². The normalized spacial score (nSPS) is 11.4. The summed E-state index contributed by atoms with van der Waals surface area (Å²) >= 11 is 1.09. The number of anilines is 1. The van der Waals surface area contributed by atoms with Gasteiger partial charge in [-0.05, 0) is 60.0 Å². The molecule has 39 heavy (non-hydrogen) atoms. The van der Waals surface area contributed by atoms with Crippen molar-refractivity contribution < 1.29 is 17.9 Å². The summed E-state index contributed by atoms with van der Waals surface area (Å²) in [5.41, 5.74) is 5.80. The second-order valence-electron chi connectivity index (χ2n) is 8.22. The number of amides is 1. The zero-order valence-corrected chi connectivity index (χ0v) is 22.3. The summed E-state index contributed by atoms with van der Waals surface area (Å²) in [6, 6.07) is 26.6. The molecule has 0 saturated heterocycles. The maximum absolute atomic E-state index is 13.0. The fraction of sp³-hybridized carbons (Fsp3) is 0.0357. The number of nitrogens with zero attached hydrogens (tertiary/aromatic N) is 3. The van der Waals surface area contributed by atoms with Crippen molar-refractivity contribution in [1.82, 2.24) is 15.2 Å². The summed E-state index contributed by atoms with van der Waals surface area (Å²) in [5, 5.41) is 10.6. The number of methoxy groups -OCH3 is 1. The minimum Gasteiger partial charge on any atom is -0.497 e. The summed E-state index contributed by atoms with van der Waals surface area (Å²) in [6.45, 7) is 0. The first kappa shape index (κ1) is 25.9. The average Bonchev–Trinajstić information content (AvgIpc) is 3.65. The molecule has 11 heteroatoms. The number of aromatic nitrogens is 2. The first-order valence-corrected chi connectivity index (χ1v) is 14.1. The van der Waals surface area contributed by atoms with E-state index in [-0.39, 0.29) is 15.5 Å². The van der Waals surface area contributed by atoms with Gasteiger partial charge in [-0.3, -0.25) is 9.52 Å². The number of hydrogen-bond acceptors (Lipinski definition) is 7. The van der Waals surface area contributed by atoms with E-state index in [0.717, 1.165) is 28.3 Å². The van der Waals surface area contributed by atoms with E-state index in [4.69, 9.17) is 9.84 Å². The second kappa shape index (κ2) is 11.3. The van der Waals surface area contributed by atoms with Gasteiger partial charge in [0.2, 0.25) is 0 Å². The molecule has 0 aliphatic heterocycles. The van der Waals surface area contributed by atoms with Crippen LogP contribution in [-0.2, 0) is 10.0 Å². The van der Waals surface area contributed by atoms with E-state index in [2.05, 4.69) is 15.2 Å². The zero-order valence-electron chi connectivity index (χ0n) is 20.7. The first-order valence-electron chi connectivity index (χ1n) is 11.7. The van der Waals surface area contributed by atoms with Gasteiger partial charge in [-0.15, -0.1) is 11.3 Å². The number of carbonyl (C=O) groups is 1. The molecule has 0 bridgehead atoms. The number of benzene rings is 3. The zero-order chi connectivity index (χ0) is 27.2. The van der Waals surface area contributed by atoms with Crippen LogP contribution in [0.1, 0.15) is 15.9 Å². The number of carbonyl (C=O) groups excluding carboxylic acids is 1. The minimum absolute atomic E-state index is 0.130. The molecular formula is C28H23N5O4S2. The van der Waals surface area contributed by atoms with Gasteiger partial charge >= 0.3 is 0 Å². The highest BCUT2D eigenvalue weighted by atomic mass is 32.2. The lowest BCUT2D eigenvalue weighted by Crippen LogP contribution is -2.21. The van der Waals surface area contributed by atoms with E-state index in [1.165, 1.54) is 24.4 Å². The first-order chi connectivity index (χ1) is 18.9. The molecule has 2 heterocycles. The molecule has 2 N–H and O–H groups in total. The molecule has 9 nitrogen and oxygen atoms in total. The topological polar surface area (TPSA) is 115 Å². The van der Waals surface area contributed by atoms with E-state index in [1.54, 1.807) is 35.4 Å². The number of para-hydroxylation sites is 2. The number of rotatable bonds is 9. The van der Waals surface area contributed by atoms with Gasteiger partial charge in [0.25, 0.3) is 15.9 Å². The Morgan fingerprint density at radius 3 is 2.44 bits per heavy atom. The molecule has 0 fully saturated rings. The fourth-order valence-electron chi connectivity index (χ4n) is 3.77. The molecule has 1 amide bonds. The van der Waals surface area contributed by atoms with Gasteiger partial charge in [0.1, 0.15) is 15.7 Å². The Kier molecular flexibility index (Phi) is 7.53. The van der Waals surface area contributed by atoms with Crippen LogP contribution in [0.3, 0.4) is 0 Å². The van der Waals surface area contributed by atoms with Gasteiger partial charge in [0, 0.05) is 17.3 Å². The Balaban J connectivity index is 1.40. The van der Waals surface area contributed by atoms with Crippen LogP contribution in [0, 0.1) is 0 Å². The molecule has 5 aromatic rings. The Morgan fingerprint density at radius 1 is 0.974 bits per heavy atom. The van der Waals surface area contributed by atoms with Crippen LogP contribution in [0.5, 0.6) is 5.75 Å². The molecule has 0 saturated carbocycles. The highest BCUT2D eigenvalue weighted by Crippen LogP contribution is 2.25. The van der Waals surface area contributed by atoms with Crippen molar-refractivity contribution in [3.8, 4) is 22.7 Å². The number of ether oxygens (including phenoxy) is 1. The molecule has 196 valence electrons. The Morgan fingerprint density at radius 2 is 1.72 bits per heavy atom. The molecule has 0 aliphatic carbocycles. The SMILES string of the molecule is COc1ccc(-c2nn(-c3ccccc3)cc2/C=N\NC(=O)c2ccccc2NS(=O)(=O)c2cccs2)cc1. The van der Waals surface area contributed by atoms with Crippen LogP contribution in [-0.4, -0.2) is 37.4 Å². The average molecular weight is 558 g/mol. The van der Waals surface area contributed by atoms with E-state index in [0.29, 0.717) is 11.3 Å². The Hall–Kier alpha value is -4.74. The Labute approximate surface area is 229 Å². The molecule has 0 aliphatic rings. The van der Waals surface area contributed by atoms with Crippen molar-refractivity contribution in [1.29, 1.82) is 0 Å². The second-order valence-corrected chi connectivity index (χ2v) is 11.1. The summed E-state index contributed by atoms with van der Waals surface area (Å²) in [6.07, 6.45) is 3.32. The lowest BCUT2D eigenvalue weighted by molar-refractivity contribution is 0.0956. The third-order valence-corrected chi connectivity index (χ3v) is 8.44. The standard InChI is InChI=1S/C28H23N5O4S2/c1-37-23-15-13-20(14-16-23)27-21(19-33(31-27)22-8-3-2-4-9-22)18-29-30-28(34)24-10-5-6-11-25(24)32-39(35,36)26-12-7-17-38-26/h2-19,32H,1H3,(H,30,34)/b29-18-. The quantitative estimate of drug-likeness (QED) is 0.192. The van der Waals surface area contributed by atoms with Gasteiger partial charge < -0.3 is 4.74 Å². The molecule has 2 aromatic heterocycles. The van der Waals surface area contributed by atoms with Crippen molar-refractivity contribution >= 4 is 39.2 Å². The van der Waals surface area contributed by atoms with Crippen molar-refractivity contribution in [3.63, 3.8) is 0 Å². The predicted octanol–water partition coefficient (Wildman–Crippen LogP) is 5.17. The third kappa shape index (κ3) is 5.89. The van der Waals surface area contributed by atoms with Crippen LogP contribution >= 0.6 is 11.3 Å². The van der Waals surface area contributed by atoms with Crippen LogP contribution < -0.4 is 14.9 Å². The number of hydrogen-bond donors (Lipinski definition) is 2. The van der Waals surface area contributed by atoms with Crippen molar-refractivity contribution in [2.75, 3.05) is 11.8 Å². The molecule has 0 spiro atoms. The van der Waals surface area contributed by atoms with Gasteiger partial charge in [0.15, 0.2) is 0 Å². The highest BCUT2D eigenvalue weighted by Gasteiger charge is 2.19. The minimum atomic E-state index is -3.82. The Bertz CT molecular complexity index is 1710. The number of thiophene rings is 1. The smallest absolute Gasteiger partial charge is 0.273 e. The van der Waals surface area contributed by atoms with Gasteiger partial charge in [-0.2, -0.15) is 10.2 Å². The van der Waals surface area contributed by atoms with Crippen LogP contribution in [0.15, 0.2) is 112 Å². The van der Waals surface area contributed by atoms with Crippen LogP contribution in [0.4, 0.5) is 5.69 Å². The summed E-state index contributed by atoms with van der Waals surface area (Å²) in [7, 11) is -2.22. The largest absolute Gasteiger partial charge is 0.497 e. The summed E-state index contributed by atoms with van der Waals surface area (Å²) in [4.78, 5) is 13.0. The number of sulfonamides is 1. The van der Waals surface area contributed by atoms with Gasteiger partial charge in [0.05, 0.1) is 30.3 Å². The van der Waals surface area contributed by atoms with E-state index in [1.807, 2.05) is 60.8 Å². The van der Waals surface area contributed by atoms with E-state index in [9.17, 15) is 13.2 Å².